The predicted octanol–water partition coefficient (Wildman–Crippen LogP) is 3.72. The van der Waals surface area contributed by atoms with Crippen LogP contribution < -0.4 is 16.8 Å². The Hall–Kier alpha value is -4.10. The van der Waals surface area contributed by atoms with Crippen LogP contribution in [0.25, 0.3) is 27.9 Å². The van der Waals surface area contributed by atoms with Crippen LogP contribution in [0.2, 0.25) is 0 Å². The van der Waals surface area contributed by atoms with Gasteiger partial charge in [-0.25, -0.2) is 4.98 Å². The monoisotopic (exact) mass is 424 g/mol. The molecule has 0 spiro atoms. The third-order valence-corrected chi connectivity index (χ3v) is 5.83. The maximum Gasteiger partial charge on any atom is 0.168 e. The lowest BCUT2D eigenvalue weighted by atomic mass is 10.0. The lowest BCUT2D eigenvalue weighted by Crippen LogP contribution is -2.13. The summed E-state index contributed by atoms with van der Waals surface area (Å²) >= 11 is 0. The van der Waals surface area contributed by atoms with E-state index >= 15 is 0 Å². The molecule has 7 heteroatoms. The number of H-pyrrole nitrogens is 1. The number of aliphatic hydroxyl groups is 1. The molecule has 0 saturated carbocycles. The normalized spacial score (nSPS) is 14.5. The number of para-hydroxylation sites is 1. The number of fused-ring (bicyclic) bond motifs is 2. The summed E-state index contributed by atoms with van der Waals surface area (Å²) in [5, 5.41) is 14.3. The first-order valence-corrected chi connectivity index (χ1v) is 10.4. The summed E-state index contributed by atoms with van der Waals surface area (Å²) in [6.45, 7) is 1.68. The SMILES string of the molecule is CN=C(C(O)=C(N)c1ccc(-c2ccccc2N)cc1)c1nc2cc3c(cc2[nH]1)CNC3. The van der Waals surface area contributed by atoms with Gasteiger partial charge in [-0.2, -0.15) is 0 Å². The van der Waals surface area contributed by atoms with Crippen molar-refractivity contribution in [2.75, 3.05) is 12.8 Å². The van der Waals surface area contributed by atoms with Crippen molar-refractivity contribution >= 4 is 28.1 Å². The molecule has 0 amide bonds. The highest BCUT2D eigenvalue weighted by Crippen LogP contribution is 2.27. The fourth-order valence-electron chi connectivity index (χ4n) is 4.10. The second kappa shape index (κ2) is 7.86. The third-order valence-electron chi connectivity index (χ3n) is 5.83. The van der Waals surface area contributed by atoms with Crippen molar-refractivity contribution in [2.45, 2.75) is 13.1 Å². The molecule has 5 rings (SSSR count). The van der Waals surface area contributed by atoms with Gasteiger partial charge in [0.2, 0.25) is 0 Å². The first kappa shape index (κ1) is 19.8. The standard InChI is InChI=1S/C25H24N6O/c1-28-23(25-30-20-10-16-12-29-13-17(16)11-21(20)31-25)24(32)22(27)15-8-6-14(7-9-15)18-4-2-3-5-19(18)26/h2-11,29,32H,12-13,26-27H2,1H3,(H,30,31). The Balaban J connectivity index is 1.48. The van der Waals surface area contributed by atoms with Gasteiger partial charge in [0.05, 0.1) is 16.7 Å². The second-order valence-corrected chi connectivity index (χ2v) is 7.83. The Bertz CT molecular complexity index is 1340. The van der Waals surface area contributed by atoms with Gasteiger partial charge in [-0.1, -0.05) is 42.5 Å². The first-order chi connectivity index (χ1) is 15.5. The number of benzene rings is 3. The van der Waals surface area contributed by atoms with Crippen molar-refractivity contribution in [3.05, 3.63) is 88.9 Å². The summed E-state index contributed by atoms with van der Waals surface area (Å²) in [5.41, 5.74) is 20.5. The summed E-state index contributed by atoms with van der Waals surface area (Å²) in [7, 11) is 1.61. The number of hydrogen-bond acceptors (Lipinski definition) is 6. The van der Waals surface area contributed by atoms with Gasteiger partial charge in [0, 0.05) is 37.0 Å². The second-order valence-electron chi connectivity index (χ2n) is 7.83. The van der Waals surface area contributed by atoms with Gasteiger partial charge in [-0.3, -0.25) is 4.99 Å². The van der Waals surface area contributed by atoms with Crippen molar-refractivity contribution in [1.29, 1.82) is 0 Å². The van der Waals surface area contributed by atoms with E-state index in [9.17, 15) is 5.11 Å². The van der Waals surface area contributed by atoms with Gasteiger partial charge in [-0.15, -0.1) is 0 Å². The number of aliphatic imine (C=N–C) groups is 1. The highest BCUT2D eigenvalue weighted by Gasteiger charge is 2.19. The van der Waals surface area contributed by atoms with E-state index in [2.05, 4.69) is 32.4 Å². The Labute approximate surface area is 185 Å². The number of nitrogen functional groups attached to an aromatic ring is 1. The minimum atomic E-state index is -0.118. The van der Waals surface area contributed by atoms with E-state index < -0.39 is 0 Å². The maximum atomic E-state index is 10.9. The molecule has 32 heavy (non-hydrogen) atoms. The van der Waals surface area contributed by atoms with Crippen molar-refractivity contribution in [2.24, 2.45) is 10.7 Å². The number of nitrogens with two attached hydrogens (primary N) is 2. The minimum absolute atomic E-state index is 0.118. The Kier molecular flexibility index (Phi) is 4.88. The van der Waals surface area contributed by atoms with E-state index in [1.54, 1.807) is 7.05 Å². The van der Waals surface area contributed by atoms with Crippen LogP contribution in [0.4, 0.5) is 5.69 Å². The fraction of sp³-hybridized carbons (Fsp3) is 0.120. The van der Waals surface area contributed by atoms with Gasteiger partial charge < -0.3 is 26.9 Å². The number of hydrogen-bond donors (Lipinski definition) is 5. The zero-order valence-electron chi connectivity index (χ0n) is 17.7. The molecule has 4 aromatic rings. The summed E-state index contributed by atoms with van der Waals surface area (Å²) in [6.07, 6.45) is 0. The van der Waals surface area contributed by atoms with Crippen molar-refractivity contribution < 1.29 is 5.11 Å². The van der Waals surface area contributed by atoms with Crippen LogP contribution in [0.1, 0.15) is 22.5 Å². The third kappa shape index (κ3) is 3.38. The van der Waals surface area contributed by atoms with Crippen molar-refractivity contribution in [1.82, 2.24) is 15.3 Å². The molecule has 1 aliphatic rings. The zero-order chi connectivity index (χ0) is 22.2. The fourth-order valence-corrected chi connectivity index (χ4v) is 4.10. The summed E-state index contributed by atoms with van der Waals surface area (Å²) in [5.74, 6) is 0.362. The van der Waals surface area contributed by atoms with Gasteiger partial charge in [0.15, 0.2) is 11.6 Å². The molecule has 1 aliphatic heterocycles. The molecule has 3 aromatic carbocycles. The maximum absolute atomic E-state index is 10.9. The molecule has 0 saturated heterocycles. The minimum Gasteiger partial charge on any atom is -0.504 e. The molecule has 1 aromatic heterocycles. The molecule has 0 fully saturated rings. The van der Waals surface area contributed by atoms with Crippen molar-refractivity contribution in [3.63, 3.8) is 0 Å². The predicted molar refractivity (Wildman–Crippen MR) is 129 cm³/mol. The number of aromatic nitrogens is 2. The molecular formula is C25H24N6O. The lowest BCUT2D eigenvalue weighted by Gasteiger charge is -2.10. The number of imidazole rings is 1. The molecule has 0 atom stereocenters. The van der Waals surface area contributed by atoms with Gasteiger partial charge in [0.1, 0.15) is 5.71 Å². The molecule has 2 heterocycles. The Morgan fingerprint density at radius 3 is 2.47 bits per heavy atom. The number of aliphatic hydroxyl groups excluding tert-OH is 1. The molecule has 7 nitrogen and oxygen atoms in total. The number of allylic oxidation sites excluding steroid dienone is 1. The first-order valence-electron chi connectivity index (χ1n) is 10.4. The van der Waals surface area contributed by atoms with E-state index in [0.717, 1.165) is 35.2 Å². The summed E-state index contributed by atoms with van der Waals surface area (Å²) in [6, 6.07) is 19.4. The summed E-state index contributed by atoms with van der Waals surface area (Å²) in [4.78, 5) is 12.2. The highest BCUT2D eigenvalue weighted by atomic mass is 16.3. The quantitative estimate of drug-likeness (QED) is 0.194. The largest absolute Gasteiger partial charge is 0.504 e. The number of anilines is 1. The van der Waals surface area contributed by atoms with Crippen LogP contribution in [0.5, 0.6) is 0 Å². The van der Waals surface area contributed by atoms with Crippen LogP contribution in [-0.2, 0) is 13.1 Å². The Morgan fingerprint density at radius 2 is 1.75 bits per heavy atom. The number of aromatic amines is 1. The average molecular weight is 425 g/mol. The van der Waals surface area contributed by atoms with Crippen LogP contribution in [0.15, 0.2) is 71.4 Å². The lowest BCUT2D eigenvalue weighted by molar-refractivity contribution is 0.444. The smallest absolute Gasteiger partial charge is 0.168 e. The number of nitrogens with zero attached hydrogens (tertiary/aromatic N) is 2. The van der Waals surface area contributed by atoms with Crippen LogP contribution in [0, 0.1) is 0 Å². The summed E-state index contributed by atoms with van der Waals surface area (Å²) < 4.78 is 0. The van der Waals surface area contributed by atoms with E-state index in [0.29, 0.717) is 22.8 Å². The topological polar surface area (TPSA) is 125 Å². The van der Waals surface area contributed by atoms with E-state index in [1.165, 1.54) is 11.1 Å². The van der Waals surface area contributed by atoms with Crippen LogP contribution >= 0.6 is 0 Å². The van der Waals surface area contributed by atoms with Crippen LogP contribution in [-0.4, -0.2) is 27.8 Å². The average Bonchev–Trinajstić information content (AvgIpc) is 3.43. The molecule has 0 aliphatic carbocycles. The number of nitrogens with one attached hydrogen (secondary N) is 2. The molecular weight excluding hydrogens is 400 g/mol. The number of rotatable bonds is 4. The van der Waals surface area contributed by atoms with E-state index in [4.69, 9.17) is 11.5 Å². The molecule has 0 bridgehead atoms. The van der Waals surface area contributed by atoms with E-state index in [-0.39, 0.29) is 11.5 Å². The Morgan fingerprint density at radius 1 is 1.03 bits per heavy atom. The van der Waals surface area contributed by atoms with Crippen molar-refractivity contribution in [3.8, 4) is 11.1 Å². The molecule has 0 radical (unpaired) electrons. The van der Waals surface area contributed by atoms with E-state index in [1.807, 2.05) is 48.5 Å². The zero-order valence-corrected chi connectivity index (χ0v) is 17.7. The van der Waals surface area contributed by atoms with Gasteiger partial charge in [0.25, 0.3) is 0 Å². The van der Waals surface area contributed by atoms with Gasteiger partial charge in [-0.05, 0) is 34.9 Å². The van der Waals surface area contributed by atoms with Crippen LogP contribution in [0.3, 0.4) is 0 Å². The highest BCUT2D eigenvalue weighted by molar-refractivity contribution is 6.13. The molecule has 0 unspecified atom stereocenters. The molecule has 160 valence electrons. The molecule has 7 N–H and O–H groups in total. The van der Waals surface area contributed by atoms with Gasteiger partial charge >= 0.3 is 0 Å².